The first-order chi connectivity index (χ1) is 8.61. The van der Waals surface area contributed by atoms with Gasteiger partial charge in [0.15, 0.2) is 0 Å². The first kappa shape index (κ1) is 13.9. The summed E-state index contributed by atoms with van der Waals surface area (Å²) in [6.07, 6.45) is 2.70. The Kier molecular flexibility index (Phi) is 4.68. The van der Waals surface area contributed by atoms with Gasteiger partial charge in [-0.1, -0.05) is 35.8 Å². The Labute approximate surface area is 119 Å². The van der Waals surface area contributed by atoms with Crippen molar-refractivity contribution in [2.45, 2.75) is 39.3 Å². The molecule has 0 atom stereocenters. The maximum Gasteiger partial charge on any atom is 0.0380 e. The standard InChI is InChI=1S/C15H23BrN2/c1-11(2)10-18(13-6-7-13)14-5-4-12(9-17-3)15(16)8-14/h4-5,8,11,13,17H,6-7,9-10H2,1-3H3. The Morgan fingerprint density at radius 1 is 1.39 bits per heavy atom. The maximum atomic E-state index is 3.69. The van der Waals surface area contributed by atoms with E-state index in [1.165, 1.54) is 28.6 Å². The van der Waals surface area contributed by atoms with Gasteiger partial charge in [-0.25, -0.2) is 0 Å². The number of nitrogens with zero attached hydrogens (tertiary/aromatic N) is 1. The predicted molar refractivity (Wildman–Crippen MR) is 82.1 cm³/mol. The van der Waals surface area contributed by atoms with E-state index in [9.17, 15) is 0 Å². The van der Waals surface area contributed by atoms with Gasteiger partial charge in [-0.3, -0.25) is 0 Å². The molecule has 1 aliphatic carbocycles. The van der Waals surface area contributed by atoms with Crippen molar-refractivity contribution in [1.82, 2.24) is 5.32 Å². The summed E-state index contributed by atoms with van der Waals surface area (Å²) in [5, 5.41) is 3.20. The molecule has 2 rings (SSSR count). The molecular formula is C15H23BrN2. The quantitative estimate of drug-likeness (QED) is 0.860. The molecule has 1 saturated carbocycles. The highest BCUT2D eigenvalue weighted by atomic mass is 79.9. The number of rotatable bonds is 6. The van der Waals surface area contributed by atoms with E-state index < -0.39 is 0 Å². The Morgan fingerprint density at radius 2 is 2.11 bits per heavy atom. The third-order valence-corrected chi connectivity index (χ3v) is 4.02. The molecule has 1 N–H and O–H groups in total. The SMILES string of the molecule is CNCc1ccc(N(CC(C)C)C2CC2)cc1Br. The Morgan fingerprint density at radius 3 is 2.61 bits per heavy atom. The highest BCUT2D eigenvalue weighted by Gasteiger charge is 2.29. The summed E-state index contributed by atoms with van der Waals surface area (Å²) in [6, 6.07) is 7.53. The Hall–Kier alpha value is -0.540. The van der Waals surface area contributed by atoms with Crippen LogP contribution in [0.25, 0.3) is 0 Å². The molecule has 1 fully saturated rings. The van der Waals surface area contributed by atoms with E-state index in [1.54, 1.807) is 0 Å². The molecule has 3 heteroatoms. The summed E-state index contributed by atoms with van der Waals surface area (Å²) in [6.45, 7) is 6.65. The van der Waals surface area contributed by atoms with E-state index in [4.69, 9.17) is 0 Å². The fraction of sp³-hybridized carbons (Fsp3) is 0.600. The van der Waals surface area contributed by atoms with E-state index in [1.807, 2.05) is 7.05 Å². The topological polar surface area (TPSA) is 15.3 Å². The van der Waals surface area contributed by atoms with Crippen LogP contribution in [0.4, 0.5) is 5.69 Å². The van der Waals surface area contributed by atoms with E-state index in [-0.39, 0.29) is 0 Å². The fourth-order valence-electron chi connectivity index (χ4n) is 2.29. The smallest absolute Gasteiger partial charge is 0.0380 e. The first-order valence-corrected chi connectivity index (χ1v) is 7.60. The molecule has 0 heterocycles. The number of nitrogens with one attached hydrogen (secondary N) is 1. The van der Waals surface area contributed by atoms with Crippen LogP contribution in [-0.2, 0) is 6.54 Å². The van der Waals surface area contributed by atoms with Crippen molar-refractivity contribution in [2.75, 3.05) is 18.5 Å². The lowest BCUT2D eigenvalue weighted by atomic mass is 10.1. The lowest BCUT2D eigenvalue weighted by molar-refractivity contribution is 0.607. The van der Waals surface area contributed by atoms with Gasteiger partial charge in [-0.05, 0) is 43.5 Å². The largest absolute Gasteiger partial charge is 0.368 e. The highest BCUT2D eigenvalue weighted by molar-refractivity contribution is 9.10. The molecule has 0 spiro atoms. The van der Waals surface area contributed by atoms with Gasteiger partial charge in [0.2, 0.25) is 0 Å². The summed E-state index contributed by atoms with van der Waals surface area (Å²) in [7, 11) is 1.98. The van der Waals surface area contributed by atoms with Crippen LogP contribution in [0.1, 0.15) is 32.3 Å². The van der Waals surface area contributed by atoms with Gasteiger partial charge < -0.3 is 10.2 Å². The average molecular weight is 311 g/mol. The van der Waals surface area contributed by atoms with Crippen LogP contribution in [0.15, 0.2) is 22.7 Å². The van der Waals surface area contributed by atoms with Gasteiger partial charge in [-0.15, -0.1) is 0 Å². The summed E-state index contributed by atoms with van der Waals surface area (Å²) in [5.74, 6) is 0.710. The minimum Gasteiger partial charge on any atom is -0.368 e. The molecule has 0 radical (unpaired) electrons. The monoisotopic (exact) mass is 310 g/mol. The second-order valence-corrected chi connectivity index (χ2v) is 6.44. The van der Waals surface area contributed by atoms with Crippen LogP contribution in [0.3, 0.4) is 0 Å². The van der Waals surface area contributed by atoms with Crippen LogP contribution in [0.5, 0.6) is 0 Å². The molecular weight excluding hydrogens is 288 g/mol. The van der Waals surface area contributed by atoms with Gasteiger partial charge in [0.1, 0.15) is 0 Å². The molecule has 0 amide bonds. The molecule has 0 bridgehead atoms. The van der Waals surface area contributed by atoms with Gasteiger partial charge >= 0.3 is 0 Å². The summed E-state index contributed by atoms with van der Waals surface area (Å²) in [4.78, 5) is 2.57. The molecule has 1 aliphatic rings. The maximum absolute atomic E-state index is 3.69. The van der Waals surface area contributed by atoms with Crippen LogP contribution >= 0.6 is 15.9 Å². The van der Waals surface area contributed by atoms with Crippen LogP contribution in [0, 0.1) is 5.92 Å². The number of benzene rings is 1. The Balaban J connectivity index is 2.17. The van der Waals surface area contributed by atoms with Crippen molar-refractivity contribution in [3.8, 4) is 0 Å². The first-order valence-electron chi connectivity index (χ1n) is 6.81. The van der Waals surface area contributed by atoms with Gasteiger partial charge in [0.05, 0.1) is 0 Å². The lowest BCUT2D eigenvalue weighted by Gasteiger charge is -2.27. The average Bonchev–Trinajstić information content (AvgIpc) is 3.13. The lowest BCUT2D eigenvalue weighted by Crippen LogP contribution is -2.29. The molecule has 0 saturated heterocycles. The zero-order chi connectivity index (χ0) is 13.1. The zero-order valence-electron chi connectivity index (χ0n) is 11.5. The highest BCUT2D eigenvalue weighted by Crippen LogP contribution is 2.34. The number of anilines is 1. The predicted octanol–water partition coefficient (Wildman–Crippen LogP) is 3.79. The second kappa shape index (κ2) is 6.07. The number of hydrogen-bond acceptors (Lipinski definition) is 2. The van der Waals surface area contributed by atoms with E-state index in [0.717, 1.165) is 19.1 Å². The summed E-state index contributed by atoms with van der Waals surface area (Å²) >= 11 is 3.69. The van der Waals surface area contributed by atoms with Crippen molar-refractivity contribution in [2.24, 2.45) is 5.92 Å². The van der Waals surface area contributed by atoms with Crippen molar-refractivity contribution in [3.63, 3.8) is 0 Å². The molecule has 100 valence electrons. The summed E-state index contributed by atoms with van der Waals surface area (Å²) < 4.78 is 1.21. The van der Waals surface area contributed by atoms with Crippen molar-refractivity contribution >= 4 is 21.6 Å². The zero-order valence-corrected chi connectivity index (χ0v) is 13.1. The van der Waals surface area contributed by atoms with E-state index >= 15 is 0 Å². The third-order valence-electron chi connectivity index (χ3n) is 3.29. The number of hydrogen-bond donors (Lipinski definition) is 1. The second-order valence-electron chi connectivity index (χ2n) is 5.58. The number of halogens is 1. The van der Waals surface area contributed by atoms with Crippen molar-refractivity contribution < 1.29 is 0 Å². The third kappa shape index (κ3) is 3.48. The normalized spacial score (nSPS) is 15.2. The summed E-state index contributed by atoms with van der Waals surface area (Å²) in [5.41, 5.74) is 2.68. The van der Waals surface area contributed by atoms with Crippen LogP contribution < -0.4 is 10.2 Å². The van der Waals surface area contributed by atoms with E-state index in [2.05, 4.69) is 58.2 Å². The van der Waals surface area contributed by atoms with Crippen LogP contribution in [0.2, 0.25) is 0 Å². The molecule has 1 aromatic rings. The van der Waals surface area contributed by atoms with Gasteiger partial charge in [0, 0.05) is 29.3 Å². The van der Waals surface area contributed by atoms with Crippen molar-refractivity contribution in [1.29, 1.82) is 0 Å². The molecule has 0 aromatic heterocycles. The molecule has 0 unspecified atom stereocenters. The fourth-order valence-corrected chi connectivity index (χ4v) is 2.80. The molecule has 18 heavy (non-hydrogen) atoms. The van der Waals surface area contributed by atoms with Gasteiger partial charge in [0.25, 0.3) is 0 Å². The minimum atomic E-state index is 0.710. The Bertz CT molecular complexity index is 399. The molecule has 1 aromatic carbocycles. The molecule has 0 aliphatic heterocycles. The minimum absolute atomic E-state index is 0.710. The van der Waals surface area contributed by atoms with Gasteiger partial charge in [-0.2, -0.15) is 0 Å². The van der Waals surface area contributed by atoms with Crippen molar-refractivity contribution in [3.05, 3.63) is 28.2 Å². The van der Waals surface area contributed by atoms with Crippen LogP contribution in [-0.4, -0.2) is 19.6 Å². The molecule has 2 nitrogen and oxygen atoms in total. The van der Waals surface area contributed by atoms with E-state index in [0.29, 0.717) is 5.92 Å².